The van der Waals surface area contributed by atoms with E-state index in [0.29, 0.717) is 23.7 Å². The molecule has 0 radical (unpaired) electrons. The van der Waals surface area contributed by atoms with Gasteiger partial charge in [0.1, 0.15) is 0 Å². The van der Waals surface area contributed by atoms with Crippen molar-refractivity contribution in [1.82, 2.24) is 19.1 Å². The molecule has 2 heterocycles. The molecule has 1 atom stereocenters. The lowest BCUT2D eigenvalue weighted by Gasteiger charge is -2.13. The molecule has 0 bridgehead atoms. The summed E-state index contributed by atoms with van der Waals surface area (Å²) >= 11 is 0. The van der Waals surface area contributed by atoms with Gasteiger partial charge in [-0.3, -0.25) is 18.9 Å². The van der Waals surface area contributed by atoms with Gasteiger partial charge in [0, 0.05) is 13.6 Å². The summed E-state index contributed by atoms with van der Waals surface area (Å²) < 4.78 is 3.06. The first-order chi connectivity index (χ1) is 13.5. The van der Waals surface area contributed by atoms with Gasteiger partial charge in [-0.1, -0.05) is 42.5 Å². The SMILES string of the molecule is C[C@H](O)CNc1nc2c(c(=O)[nH]c(=O)n2C)n1Cc1cccc2ccccc12. The van der Waals surface area contributed by atoms with E-state index in [9.17, 15) is 14.7 Å². The van der Waals surface area contributed by atoms with E-state index >= 15 is 0 Å². The zero-order chi connectivity index (χ0) is 19.8. The van der Waals surface area contributed by atoms with Gasteiger partial charge in [0.15, 0.2) is 11.2 Å². The summed E-state index contributed by atoms with van der Waals surface area (Å²) in [5.74, 6) is 0.426. The number of aromatic nitrogens is 4. The minimum Gasteiger partial charge on any atom is -0.392 e. The van der Waals surface area contributed by atoms with Gasteiger partial charge in [-0.2, -0.15) is 4.98 Å². The molecule has 0 unspecified atom stereocenters. The largest absolute Gasteiger partial charge is 0.392 e. The van der Waals surface area contributed by atoms with Gasteiger partial charge in [-0.05, 0) is 23.3 Å². The van der Waals surface area contributed by atoms with Crippen LogP contribution in [0.25, 0.3) is 21.9 Å². The number of nitrogens with zero attached hydrogens (tertiary/aromatic N) is 3. The number of nitrogens with one attached hydrogen (secondary N) is 2. The number of aromatic amines is 1. The lowest BCUT2D eigenvalue weighted by Crippen LogP contribution is -2.29. The summed E-state index contributed by atoms with van der Waals surface area (Å²) in [7, 11) is 1.56. The Balaban J connectivity index is 1.93. The van der Waals surface area contributed by atoms with Crippen molar-refractivity contribution >= 4 is 27.9 Å². The highest BCUT2D eigenvalue weighted by atomic mass is 16.3. The predicted molar refractivity (Wildman–Crippen MR) is 109 cm³/mol. The average molecular weight is 379 g/mol. The van der Waals surface area contributed by atoms with Gasteiger partial charge in [0.25, 0.3) is 5.56 Å². The van der Waals surface area contributed by atoms with E-state index in [1.807, 2.05) is 42.5 Å². The molecule has 0 amide bonds. The van der Waals surface area contributed by atoms with Gasteiger partial charge in [-0.25, -0.2) is 4.79 Å². The van der Waals surface area contributed by atoms with Crippen molar-refractivity contribution in [3.8, 4) is 0 Å². The highest BCUT2D eigenvalue weighted by molar-refractivity contribution is 5.86. The van der Waals surface area contributed by atoms with Gasteiger partial charge in [-0.15, -0.1) is 0 Å². The summed E-state index contributed by atoms with van der Waals surface area (Å²) in [6.07, 6.45) is -0.590. The average Bonchev–Trinajstić information content (AvgIpc) is 3.04. The van der Waals surface area contributed by atoms with Gasteiger partial charge >= 0.3 is 5.69 Å². The van der Waals surface area contributed by atoms with E-state index in [0.717, 1.165) is 16.3 Å². The molecule has 4 aromatic rings. The van der Waals surface area contributed by atoms with Crippen molar-refractivity contribution in [3.05, 3.63) is 68.9 Å². The molecule has 0 spiro atoms. The van der Waals surface area contributed by atoms with Gasteiger partial charge in [0.2, 0.25) is 5.95 Å². The zero-order valence-electron chi connectivity index (χ0n) is 15.6. The number of anilines is 1. The molecular formula is C20H21N5O3. The molecule has 2 aromatic heterocycles. The summed E-state index contributed by atoms with van der Waals surface area (Å²) in [5.41, 5.74) is 0.612. The third-order valence-electron chi connectivity index (χ3n) is 4.77. The van der Waals surface area contributed by atoms with Crippen LogP contribution in [0.5, 0.6) is 0 Å². The maximum absolute atomic E-state index is 12.6. The second-order valence-corrected chi connectivity index (χ2v) is 6.88. The number of imidazole rings is 1. The molecule has 28 heavy (non-hydrogen) atoms. The molecular weight excluding hydrogens is 358 g/mol. The lowest BCUT2D eigenvalue weighted by atomic mass is 10.0. The predicted octanol–water partition coefficient (Wildman–Crippen LogP) is 1.42. The Kier molecular flexibility index (Phi) is 4.48. The molecule has 144 valence electrons. The lowest BCUT2D eigenvalue weighted by molar-refractivity contribution is 0.208. The highest BCUT2D eigenvalue weighted by Crippen LogP contribution is 2.23. The fourth-order valence-electron chi connectivity index (χ4n) is 3.36. The maximum Gasteiger partial charge on any atom is 0.329 e. The van der Waals surface area contributed by atoms with Crippen LogP contribution in [0.1, 0.15) is 12.5 Å². The third-order valence-corrected chi connectivity index (χ3v) is 4.77. The second kappa shape index (κ2) is 6.97. The van der Waals surface area contributed by atoms with Crippen LogP contribution in [0.3, 0.4) is 0 Å². The highest BCUT2D eigenvalue weighted by Gasteiger charge is 2.18. The summed E-state index contributed by atoms with van der Waals surface area (Å²) in [4.78, 5) is 31.3. The Morgan fingerprint density at radius 1 is 1.18 bits per heavy atom. The third kappa shape index (κ3) is 3.07. The monoisotopic (exact) mass is 379 g/mol. The van der Waals surface area contributed by atoms with Crippen LogP contribution in [0.4, 0.5) is 5.95 Å². The van der Waals surface area contributed by atoms with E-state index < -0.39 is 17.4 Å². The number of hydrogen-bond acceptors (Lipinski definition) is 5. The summed E-state index contributed by atoms with van der Waals surface area (Å²) in [5, 5.41) is 14.9. The first kappa shape index (κ1) is 18.0. The van der Waals surface area contributed by atoms with Crippen LogP contribution >= 0.6 is 0 Å². The molecule has 0 saturated heterocycles. The van der Waals surface area contributed by atoms with Crippen molar-refractivity contribution in [2.24, 2.45) is 7.05 Å². The molecule has 4 rings (SSSR count). The minimum atomic E-state index is -0.590. The van der Waals surface area contributed by atoms with Crippen LogP contribution < -0.4 is 16.6 Å². The number of aryl methyl sites for hydroxylation is 1. The summed E-state index contributed by atoms with van der Waals surface area (Å²) in [6, 6.07) is 14.0. The molecule has 0 saturated carbocycles. The quantitative estimate of drug-likeness (QED) is 0.486. The Labute approximate surface area is 160 Å². The standard InChI is InChI=1S/C20H21N5O3/c1-12(26)10-21-19-22-17-16(18(27)23-20(28)24(17)2)25(19)11-14-8-5-7-13-6-3-4-9-15(13)14/h3-9,12,26H,10-11H2,1-2H3,(H,21,22)(H,23,27,28)/t12-/m0/s1. The Morgan fingerprint density at radius 3 is 2.71 bits per heavy atom. The van der Waals surface area contributed by atoms with Crippen LogP contribution in [-0.4, -0.2) is 36.9 Å². The van der Waals surface area contributed by atoms with Crippen molar-refractivity contribution in [2.45, 2.75) is 19.6 Å². The van der Waals surface area contributed by atoms with Crippen molar-refractivity contribution in [1.29, 1.82) is 0 Å². The topological polar surface area (TPSA) is 105 Å². The molecule has 0 aliphatic carbocycles. The van der Waals surface area contributed by atoms with E-state index in [2.05, 4.69) is 15.3 Å². The maximum atomic E-state index is 12.6. The molecule has 8 nitrogen and oxygen atoms in total. The van der Waals surface area contributed by atoms with Crippen LogP contribution in [0, 0.1) is 0 Å². The summed E-state index contributed by atoms with van der Waals surface area (Å²) in [6.45, 7) is 2.32. The number of benzene rings is 2. The molecule has 3 N–H and O–H groups in total. The van der Waals surface area contributed by atoms with Crippen LogP contribution in [0.2, 0.25) is 0 Å². The normalized spacial score (nSPS) is 12.5. The molecule has 0 fully saturated rings. The van der Waals surface area contributed by atoms with E-state index in [-0.39, 0.29) is 6.54 Å². The van der Waals surface area contributed by atoms with E-state index in [4.69, 9.17) is 0 Å². The minimum absolute atomic E-state index is 0.269. The Hall–Kier alpha value is -3.39. The number of fused-ring (bicyclic) bond motifs is 2. The van der Waals surface area contributed by atoms with Crippen molar-refractivity contribution in [2.75, 3.05) is 11.9 Å². The smallest absolute Gasteiger partial charge is 0.329 e. The Bertz CT molecular complexity index is 1280. The fraction of sp³-hybridized carbons (Fsp3) is 0.250. The molecule has 2 aromatic carbocycles. The Morgan fingerprint density at radius 2 is 1.93 bits per heavy atom. The second-order valence-electron chi connectivity index (χ2n) is 6.88. The molecule has 0 aliphatic heterocycles. The first-order valence-corrected chi connectivity index (χ1v) is 9.04. The van der Waals surface area contributed by atoms with Crippen molar-refractivity contribution in [3.63, 3.8) is 0 Å². The van der Waals surface area contributed by atoms with Crippen LogP contribution in [0.15, 0.2) is 52.1 Å². The first-order valence-electron chi connectivity index (χ1n) is 9.04. The number of aliphatic hydroxyl groups excluding tert-OH is 1. The number of aliphatic hydroxyl groups is 1. The van der Waals surface area contributed by atoms with Crippen molar-refractivity contribution < 1.29 is 5.11 Å². The van der Waals surface area contributed by atoms with E-state index in [1.54, 1.807) is 18.5 Å². The molecule has 8 heteroatoms. The zero-order valence-corrected chi connectivity index (χ0v) is 15.6. The van der Waals surface area contributed by atoms with E-state index in [1.165, 1.54) is 4.57 Å². The van der Waals surface area contributed by atoms with Crippen LogP contribution in [-0.2, 0) is 13.6 Å². The fourth-order valence-corrected chi connectivity index (χ4v) is 3.36. The number of hydrogen-bond donors (Lipinski definition) is 3. The van der Waals surface area contributed by atoms with Gasteiger partial charge < -0.3 is 10.4 Å². The number of rotatable bonds is 5. The van der Waals surface area contributed by atoms with Gasteiger partial charge in [0.05, 0.1) is 12.6 Å². The molecule has 0 aliphatic rings. The number of H-pyrrole nitrogens is 1.